The molecule has 0 aliphatic carbocycles. The Morgan fingerprint density at radius 2 is 1.62 bits per heavy atom. The summed E-state index contributed by atoms with van der Waals surface area (Å²) in [4.78, 5) is 67.7. The summed E-state index contributed by atoms with van der Waals surface area (Å²) >= 11 is 0. The third kappa shape index (κ3) is 5.24. The molecule has 0 saturated carbocycles. The quantitative estimate of drug-likeness (QED) is 0.162. The number of aromatic nitrogens is 4. The van der Waals surface area contributed by atoms with Crippen LogP contribution in [0.15, 0.2) is 9.59 Å². The smallest absolute Gasteiger partial charge is 0.385 e. The number of ether oxygens (including phenoxy) is 1. The molecule has 1 aliphatic heterocycles. The average Bonchev–Trinajstić information content (AvgIpc) is 3.02. The summed E-state index contributed by atoms with van der Waals surface area (Å²) < 4.78 is 50.8. The highest BCUT2D eigenvalue weighted by atomic mass is 31.3. The molecule has 10 N–H and O–H groups in total. The Kier molecular flexibility index (Phi) is 6.39. The topological polar surface area (TPSA) is 319 Å². The number of rotatable bonds is 7. The lowest BCUT2D eigenvalue weighted by atomic mass is 10.2. The van der Waals surface area contributed by atoms with E-state index in [4.69, 9.17) is 25.2 Å². The molecule has 0 amide bonds. The van der Waals surface area contributed by atoms with Gasteiger partial charge >= 0.3 is 29.2 Å². The highest BCUT2D eigenvalue weighted by Gasteiger charge is 2.50. The molecule has 6 unspecified atom stereocenters. The fourth-order valence-electron chi connectivity index (χ4n) is 2.62. The van der Waals surface area contributed by atoms with Crippen LogP contribution < -0.4 is 17.0 Å². The number of nitrogen functional groups attached to an aromatic ring is 1. The Morgan fingerprint density at radius 1 is 1.00 bits per heavy atom. The van der Waals surface area contributed by atoms with Crippen LogP contribution in [0.25, 0.3) is 11.2 Å². The minimum absolute atomic E-state index is 0.397. The Morgan fingerprint density at radius 3 is 2.22 bits per heavy atom. The molecule has 1 fully saturated rings. The van der Waals surface area contributed by atoms with Gasteiger partial charge in [0.1, 0.15) is 12.2 Å². The summed E-state index contributed by atoms with van der Waals surface area (Å²) in [5, 5.41) is 20.2. The largest absolute Gasteiger partial charge is 0.490 e. The van der Waals surface area contributed by atoms with Crippen molar-refractivity contribution in [3.63, 3.8) is 0 Å². The number of aromatic amines is 2. The zero-order valence-electron chi connectivity index (χ0n) is 15.0. The Labute approximate surface area is 173 Å². The first kappa shape index (κ1) is 24.9. The molecule has 0 radical (unpaired) electrons. The number of nitrogens with one attached hydrogen (secondary N) is 2. The molecule has 2 aromatic heterocycles. The first-order valence-corrected chi connectivity index (χ1v) is 12.4. The Hall–Kier alpha value is -1.76. The summed E-state index contributed by atoms with van der Waals surface area (Å²) in [5.74, 6) is -0.437. The maximum Gasteiger partial charge on any atom is 0.490 e. The van der Waals surface area contributed by atoms with Crippen LogP contribution in [0, 0.1) is 0 Å². The third-order valence-corrected chi connectivity index (χ3v) is 7.50. The van der Waals surface area contributed by atoms with Crippen molar-refractivity contribution in [1.29, 1.82) is 0 Å². The zero-order chi connectivity index (χ0) is 24.2. The SMILES string of the molecule is Nc1nc2c([nH]c(=O)n2C2OC(OP(=O)(O)OP(=O)(O)OP(=O)(O)O)C(O)C2O)c(=O)[nH]1. The second-order valence-corrected chi connectivity index (χ2v) is 10.4. The number of fused-ring (bicyclic) bond motifs is 1. The average molecular weight is 525 g/mol. The molecule has 3 rings (SSSR count). The van der Waals surface area contributed by atoms with E-state index >= 15 is 0 Å². The standard InChI is InChI=1S/C9H14N5O15P3/c10-8-12-4-1(5(17)13-8)11-9(18)14(4)6-2(15)3(16)7(26-6)27-31(22,23)29-32(24,25)28-30(19,20)21/h2-3,6-7,15-16H,(H,11,18)(H,22,23)(H,24,25)(H2,19,20,21)(H3,10,12,13,17). The van der Waals surface area contributed by atoms with Gasteiger partial charge in [0, 0.05) is 0 Å². The summed E-state index contributed by atoms with van der Waals surface area (Å²) in [6.45, 7) is 0. The van der Waals surface area contributed by atoms with E-state index < -0.39 is 76.6 Å². The molecule has 1 aliphatic rings. The van der Waals surface area contributed by atoms with Crippen LogP contribution in [0.3, 0.4) is 0 Å². The number of anilines is 1. The molecule has 0 spiro atoms. The van der Waals surface area contributed by atoms with Crippen molar-refractivity contribution in [3.8, 4) is 0 Å². The molecule has 6 atom stereocenters. The first-order valence-electron chi connectivity index (χ1n) is 7.83. The van der Waals surface area contributed by atoms with Gasteiger partial charge in [0.15, 0.2) is 23.7 Å². The van der Waals surface area contributed by atoms with Gasteiger partial charge in [-0.15, -0.1) is 0 Å². The van der Waals surface area contributed by atoms with Crippen molar-refractivity contribution in [2.24, 2.45) is 0 Å². The lowest BCUT2D eigenvalue weighted by Gasteiger charge is -2.20. The van der Waals surface area contributed by atoms with E-state index in [1.807, 2.05) is 0 Å². The van der Waals surface area contributed by atoms with E-state index in [1.54, 1.807) is 0 Å². The summed E-state index contributed by atoms with van der Waals surface area (Å²) in [6.07, 6.45) is -8.46. The number of H-pyrrole nitrogens is 2. The Bertz CT molecular complexity index is 1290. The molecule has 23 heteroatoms. The molecule has 2 aromatic rings. The third-order valence-electron chi connectivity index (χ3n) is 3.70. The van der Waals surface area contributed by atoms with Crippen molar-refractivity contribution in [2.75, 3.05) is 5.73 Å². The monoisotopic (exact) mass is 525 g/mol. The molecule has 0 aromatic carbocycles. The molecular weight excluding hydrogens is 511 g/mol. The molecule has 20 nitrogen and oxygen atoms in total. The Balaban J connectivity index is 1.87. The van der Waals surface area contributed by atoms with E-state index in [0.29, 0.717) is 4.57 Å². The van der Waals surface area contributed by atoms with Gasteiger partial charge in [-0.1, -0.05) is 0 Å². The van der Waals surface area contributed by atoms with E-state index in [1.165, 1.54) is 0 Å². The molecule has 0 bridgehead atoms. The van der Waals surface area contributed by atoms with Crippen LogP contribution in [-0.4, -0.2) is 67.8 Å². The van der Waals surface area contributed by atoms with E-state index in [2.05, 4.69) is 28.1 Å². The lowest BCUT2D eigenvalue weighted by molar-refractivity contribution is -0.134. The van der Waals surface area contributed by atoms with Gasteiger partial charge in [0.2, 0.25) is 5.95 Å². The molecule has 1 saturated heterocycles. The minimum Gasteiger partial charge on any atom is -0.385 e. The van der Waals surface area contributed by atoms with E-state index in [-0.39, 0.29) is 0 Å². The van der Waals surface area contributed by atoms with Crippen LogP contribution in [0.4, 0.5) is 5.95 Å². The molecular formula is C9H14N5O15P3. The zero-order valence-corrected chi connectivity index (χ0v) is 17.7. The number of nitrogens with two attached hydrogens (primary N) is 1. The van der Waals surface area contributed by atoms with Crippen LogP contribution >= 0.6 is 23.5 Å². The minimum atomic E-state index is -5.87. The number of nitrogens with zero attached hydrogens (tertiary/aromatic N) is 2. The second-order valence-electron chi connectivity index (χ2n) is 6.02. The fourth-order valence-corrected chi connectivity index (χ4v) is 5.72. The fraction of sp³-hybridized carbons (Fsp3) is 0.444. The lowest BCUT2D eigenvalue weighted by Crippen LogP contribution is -2.34. The summed E-state index contributed by atoms with van der Waals surface area (Å²) in [7, 11) is -17.3. The van der Waals surface area contributed by atoms with Gasteiger partial charge in [-0.3, -0.25) is 19.3 Å². The van der Waals surface area contributed by atoms with Crippen LogP contribution in [0.1, 0.15) is 6.23 Å². The highest BCUT2D eigenvalue weighted by molar-refractivity contribution is 7.66. The molecule has 3 heterocycles. The van der Waals surface area contributed by atoms with Gasteiger partial charge in [-0.2, -0.15) is 13.6 Å². The number of phosphoric ester groups is 1. The predicted molar refractivity (Wildman–Crippen MR) is 96.3 cm³/mol. The van der Waals surface area contributed by atoms with Gasteiger partial charge < -0.3 is 40.3 Å². The highest BCUT2D eigenvalue weighted by Crippen LogP contribution is 2.66. The number of aliphatic hydroxyl groups excluding tert-OH is 2. The number of phosphoric acid groups is 3. The van der Waals surface area contributed by atoms with Gasteiger partial charge in [-0.25, -0.2) is 23.1 Å². The van der Waals surface area contributed by atoms with E-state index in [0.717, 1.165) is 0 Å². The van der Waals surface area contributed by atoms with Crippen molar-refractivity contribution in [3.05, 3.63) is 20.8 Å². The van der Waals surface area contributed by atoms with Gasteiger partial charge in [0.05, 0.1) is 0 Å². The number of aliphatic hydroxyl groups is 2. The van der Waals surface area contributed by atoms with Crippen LogP contribution in [0.2, 0.25) is 0 Å². The molecule has 32 heavy (non-hydrogen) atoms. The second kappa shape index (κ2) is 8.23. The first-order chi connectivity index (χ1) is 14.5. The van der Waals surface area contributed by atoms with Crippen molar-refractivity contribution in [2.45, 2.75) is 24.7 Å². The molecule has 180 valence electrons. The van der Waals surface area contributed by atoms with Gasteiger partial charge in [-0.05, 0) is 0 Å². The predicted octanol–water partition coefficient (Wildman–Crippen LogP) is -3.08. The maximum atomic E-state index is 12.2. The van der Waals surface area contributed by atoms with Crippen LogP contribution in [0.5, 0.6) is 0 Å². The number of hydrogen-bond acceptors (Lipinski definition) is 13. The summed E-state index contributed by atoms with van der Waals surface area (Å²) in [6, 6.07) is 0. The van der Waals surface area contributed by atoms with Crippen molar-refractivity contribution >= 4 is 40.6 Å². The van der Waals surface area contributed by atoms with Gasteiger partial charge in [0.25, 0.3) is 5.56 Å². The number of hydrogen-bond donors (Lipinski definition) is 9. The van der Waals surface area contributed by atoms with Crippen molar-refractivity contribution < 1.29 is 61.4 Å². The van der Waals surface area contributed by atoms with E-state index in [9.17, 15) is 38.4 Å². The normalized spacial score (nSPS) is 27.9. The summed E-state index contributed by atoms with van der Waals surface area (Å²) in [5.41, 5.74) is 2.61. The van der Waals surface area contributed by atoms with Crippen LogP contribution in [-0.2, 0) is 31.6 Å². The maximum absolute atomic E-state index is 12.2. The number of imidazole rings is 1. The van der Waals surface area contributed by atoms with Crippen molar-refractivity contribution in [1.82, 2.24) is 19.5 Å².